The maximum Gasteiger partial charge on any atom is 0.308 e. The summed E-state index contributed by atoms with van der Waals surface area (Å²) in [7, 11) is 1.63. The Morgan fingerprint density at radius 3 is 2.48 bits per heavy atom. The van der Waals surface area contributed by atoms with Gasteiger partial charge in [-0.1, -0.05) is 30.3 Å². The molecule has 0 radical (unpaired) electrons. The highest BCUT2D eigenvalue weighted by Crippen LogP contribution is 2.22. The largest absolute Gasteiger partial charge is 0.481 e. The van der Waals surface area contributed by atoms with Gasteiger partial charge in [0.25, 0.3) is 0 Å². The van der Waals surface area contributed by atoms with E-state index < -0.39 is 17.9 Å². The molecule has 0 aliphatic heterocycles. The Hall–Kier alpha value is -1.88. The minimum atomic E-state index is -0.927. The van der Waals surface area contributed by atoms with Crippen molar-refractivity contribution >= 4 is 11.9 Å². The molecule has 0 fully saturated rings. The fourth-order valence-corrected chi connectivity index (χ4v) is 2.08. The summed E-state index contributed by atoms with van der Waals surface area (Å²) in [6, 6.07) is 8.67. The first kappa shape index (κ1) is 17.2. The maximum absolute atomic E-state index is 12.0. The van der Waals surface area contributed by atoms with Gasteiger partial charge in [0.1, 0.15) is 0 Å². The van der Waals surface area contributed by atoms with Gasteiger partial charge in [0.05, 0.1) is 12.0 Å². The number of unbranched alkanes of at least 4 members (excludes halogenated alkanes) is 1. The van der Waals surface area contributed by atoms with Crippen LogP contribution >= 0.6 is 0 Å². The van der Waals surface area contributed by atoms with E-state index in [0.717, 1.165) is 18.4 Å². The number of carbonyl (C=O) groups is 2. The van der Waals surface area contributed by atoms with Crippen LogP contribution in [0.4, 0.5) is 0 Å². The highest BCUT2D eigenvalue weighted by atomic mass is 16.5. The van der Waals surface area contributed by atoms with Gasteiger partial charge in [0.15, 0.2) is 0 Å². The molecule has 0 aliphatic rings. The molecule has 5 heteroatoms. The van der Waals surface area contributed by atoms with Crippen LogP contribution < -0.4 is 5.32 Å². The molecule has 116 valence electrons. The molecule has 1 aromatic carbocycles. The summed E-state index contributed by atoms with van der Waals surface area (Å²) >= 11 is 0. The second-order valence-corrected chi connectivity index (χ2v) is 5.03. The monoisotopic (exact) mass is 293 g/mol. The molecule has 0 bridgehead atoms. The van der Waals surface area contributed by atoms with Gasteiger partial charge in [-0.25, -0.2) is 0 Å². The lowest BCUT2D eigenvalue weighted by atomic mass is 9.94. The zero-order valence-corrected chi connectivity index (χ0v) is 12.5. The van der Waals surface area contributed by atoms with E-state index in [-0.39, 0.29) is 5.91 Å². The molecule has 0 aromatic heterocycles. The smallest absolute Gasteiger partial charge is 0.308 e. The second kappa shape index (κ2) is 9.13. The van der Waals surface area contributed by atoms with Crippen molar-refractivity contribution in [3.05, 3.63) is 35.9 Å². The van der Waals surface area contributed by atoms with Gasteiger partial charge >= 0.3 is 5.97 Å². The molecule has 1 rings (SSSR count). The Kier molecular flexibility index (Phi) is 7.46. The van der Waals surface area contributed by atoms with E-state index >= 15 is 0 Å². The lowest BCUT2D eigenvalue weighted by molar-refractivity contribution is -0.142. The average Bonchev–Trinajstić information content (AvgIpc) is 2.49. The van der Waals surface area contributed by atoms with Crippen molar-refractivity contribution in [2.24, 2.45) is 5.92 Å². The van der Waals surface area contributed by atoms with Crippen LogP contribution in [0.25, 0.3) is 0 Å². The molecule has 0 aliphatic carbocycles. The van der Waals surface area contributed by atoms with Crippen LogP contribution in [0.3, 0.4) is 0 Å². The number of hydrogen-bond donors (Lipinski definition) is 2. The third-order valence-electron chi connectivity index (χ3n) is 3.37. The molecule has 0 saturated carbocycles. The van der Waals surface area contributed by atoms with Gasteiger partial charge in [0, 0.05) is 20.1 Å². The predicted octanol–water partition coefficient (Wildman–Crippen LogP) is 2.38. The van der Waals surface area contributed by atoms with Crippen molar-refractivity contribution < 1.29 is 19.4 Å². The van der Waals surface area contributed by atoms with Crippen LogP contribution in [0, 0.1) is 5.92 Å². The van der Waals surface area contributed by atoms with E-state index in [2.05, 4.69) is 5.32 Å². The number of hydrogen-bond acceptors (Lipinski definition) is 3. The number of methoxy groups -OCH3 is 1. The molecule has 21 heavy (non-hydrogen) atoms. The summed E-state index contributed by atoms with van der Waals surface area (Å²) in [5, 5.41) is 12.0. The summed E-state index contributed by atoms with van der Waals surface area (Å²) in [4.78, 5) is 23.2. The number of nitrogens with one attached hydrogen (secondary N) is 1. The van der Waals surface area contributed by atoms with E-state index in [1.807, 2.05) is 30.3 Å². The molecule has 2 N–H and O–H groups in total. The number of aliphatic carboxylic acids is 1. The molecule has 2 unspecified atom stereocenters. The van der Waals surface area contributed by atoms with Crippen molar-refractivity contribution in [2.75, 3.05) is 13.7 Å². The summed E-state index contributed by atoms with van der Waals surface area (Å²) in [5.74, 6) is -1.74. The summed E-state index contributed by atoms with van der Waals surface area (Å²) in [6.07, 6.45) is 1.91. The van der Waals surface area contributed by atoms with Gasteiger partial charge in [-0.2, -0.15) is 0 Å². The molecular weight excluding hydrogens is 270 g/mol. The number of carboxylic acid groups (broad SMARTS) is 1. The molecule has 1 aromatic rings. The van der Waals surface area contributed by atoms with Crippen LogP contribution in [-0.2, 0) is 14.3 Å². The van der Waals surface area contributed by atoms with Crippen molar-refractivity contribution in [2.45, 2.75) is 32.2 Å². The highest BCUT2D eigenvalue weighted by Gasteiger charge is 2.26. The summed E-state index contributed by atoms with van der Waals surface area (Å²) < 4.78 is 4.93. The number of ether oxygens (including phenoxy) is 1. The number of carboxylic acids is 1. The molecular formula is C16H23NO4. The number of rotatable bonds is 9. The zero-order chi connectivity index (χ0) is 15.7. The van der Waals surface area contributed by atoms with Crippen LogP contribution in [0.15, 0.2) is 30.3 Å². The molecule has 1 amide bonds. The topological polar surface area (TPSA) is 75.6 Å². The molecule has 0 heterocycles. The van der Waals surface area contributed by atoms with Crippen molar-refractivity contribution in [3.8, 4) is 0 Å². The van der Waals surface area contributed by atoms with Gasteiger partial charge in [-0.15, -0.1) is 0 Å². The number of amides is 1. The number of benzene rings is 1. The number of carbonyl (C=O) groups excluding carboxylic acids is 1. The van der Waals surface area contributed by atoms with E-state index in [9.17, 15) is 14.7 Å². The standard InChI is InChI=1S/C16H23NO4/c1-12(16(19)20)15(13-8-4-3-5-9-13)17-14(18)10-6-7-11-21-2/h3-5,8-9,12,15H,6-7,10-11H2,1-2H3,(H,17,18)(H,19,20). The highest BCUT2D eigenvalue weighted by molar-refractivity contribution is 5.78. The van der Waals surface area contributed by atoms with Gasteiger partial charge in [-0.3, -0.25) is 9.59 Å². The molecule has 0 saturated heterocycles. The zero-order valence-electron chi connectivity index (χ0n) is 12.5. The van der Waals surface area contributed by atoms with Crippen LogP contribution in [0.5, 0.6) is 0 Å². The Morgan fingerprint density at radius 1 is 1.24 bits per heavy atom. The Bertz CT molecular complexity index is 447. The van der Waals surface area contributed by atoms with Crippen LogP contribution in [0.1, 0.15) is 37.8 Å². The summed E-state index contributed by atoms with van der Waals surface area (Å²) in [6.45, 7) is 2.23. The summed E-state index contributed by atoms with van der Waals surface area (Å²) in [5.41, 5.74) is 0.803. The first-order valence-corrected chi connectivity index (χ1v) is 7.12. The van der Waals surface area contributed by atoms with Gasteiger partial charge < -0.3 is 15.2 Å². The Labute approximate surface area is 125 Å². The second-order valence-electron chi connectivity index (χ2n) is 5.03. The van der Waals surface area contributed by atoms with E-state index in [1.54, 1.807) is 14.0 Å². The van der Waals surface area contributed by atoms with E-state index in [4.69, 9.17) is 4.74 Å². The minimum Gasteiger partial charge on any atom is -0.481 e. The Balaban J connectivity index is 2.66. The van der Waals surface area contributed by atoms with Gasteiger partial charge in [-0.05, 0) is 25.3 Å². The van der Waals surface area contributed by atoms with Crippen LogP contribution in [-0.4, -0.2) is 30.7 Å². The lowest BCUT2D eigenvalue weighted by Crippen LogP contribution is -2.35. The molecule has 2 atom stereocenters. The van der Waals surface area contributed by atoms with Crippen molar-refractivity contribution in [3.63, 3.8) is 0 Å². The fourth-order valence-electron chi connectivity index (χ4n) is 2.08. The normalized spacial score (nSPS) is 13.4. The quantitative estimate of drug-likeness (QED) is 0.685. The molecule has 5 nitrogen and oxygen atoms in total. The SMILES string of the molecule is COCCCCC(=O)NC(c1ccccc1)C(C)C(=O)O. The van der Waals surface area contributed by atoms with Gasteiger partial charge in [0.2, 0.25) is 5.91 Å². The first-order valence-electron chi connectivity index (χ1n) is 7.12. The maximum atomic E-state index is 12.0. The molecule has 0 spiro atoms. The third kappa shape index (κ3) is 5.95. The predicted molar refractivity (Wildman–Crippen MR) is 79.9 cm³/mol. The van der Waals surface area contributed by atoms with E-state index in [0.29, 0.717) is 13.0 Å². The lowest BCUT2D eigenvalue weighted by Gasteiger charge is -2.23. The third-order valence-corrected chi connectivity index (χ3v) is 3.37. The first-order chi connectivity index (χ1) is 10.1. The van der Waals surface area contributed by atoms with Crippen molar-refractivity contribution in [1.29, 1.82) is 0 Å². The minimum absolute atomic E-state index is 0.131. The van der Waals surface area contributed by atoms with E-state index in [1.165, 1.54) is 0 Å². The average molecular weight is 293 g/mol. The van der Waals surface area contributed by atoms with Crippen molar-refractivity contribution in [1.82, 2.24) is 5.32 Å². The fraction of sp³-hybridized carbons (Fsp3) is 0.500. The Morgan fingerprint density at radius 2 is 1.90 bits per heavy atom. The van der Waals surface area contributed by atoms with Crippen LogP contribution in [0.2, 0.25) is 0 Å².